The fraction of sp³-hybridized carbons (Fsp3) is 0.761. The van der Waals surface area contributed by atoms with Gasteiger partial charge in [-0.1, -0.05) is 20.3 Å². The van der Waals surface area contributed by atoms with E-state index in [0.29, 0.717) is 32.1 Å². The molecule has 0 aliphatic carbocycles. The van der Waals surface area contributed by atoms with Gasteiger partial charge in [-0.15, -0.1) is 0 Å². The average Bonchev–Trinajstić information content (AvgIpc) is 3.38. The van der Waals surface area contributed by atoms with E-state index in [1.54, 1.807) is 13.8 Å². The number of aliphatic imine (C=N–C) groups is 1. The Hall–Kier alpha value is -6.35. The number of nitrogens with zero attached hydrogens (tertiary/aromatic N) is 1. The quantitative estimate of drug-likeness (QED) is 0.0153. The molecule has 0 radical (unpaired) electrons. The van der Waals surface area contributed by atoms with Gasteiger partial charge in [-0.05, 0) is 77.3 Å². The highest BCUT2D eigenvalue weighted by Gasteiger charge is 2.37. The van der Waals surface area contributed by atoms with Crippen LogP contribution in [0.1, 0.15) is 78.6 Å². The summed E-state index contributed by atoms with van der Waals surface area (Å²) >= 11 is 0. The van der Waals surface area contributed by atoms with Gasteiger partial charge in [-0.25, -0.2) is 0 Å². The Morgan fingerprint density at radius 2 is 0.792 bits per heavy atom. The summed E-state index contributed by atoms with van der Waals surface area (Å²) in [6.45, 7) is 3.33. The smallest absolute Gasteiger partial charge is 0.245 e. The van der Waals surface area contributed by atoms with Crippen molar-refractivity contribution in [3.8, 4) is 0 Å². The number of hydrogen-bond acceptors (Lipinski definition) is 19. The van der Waals surface area contributed by atoms with Crippen LogP contribution in [0.5, 0.6) is 0 Å². The number of primary amides is 1. The highest BCUT2D eigenvalue weighted by molar-refractivity contribution is 5.98. The topological polar surface area (TPSA) is 505 Å². The lowest BCUT2D eigenvalue weighted by Crippen LogP contribution is -2.63. The molecule has 0 aromatic carbocycles. The summed E-state index contributed by atoms with van der Waals surface area (Å²) in [4.78, 5) is 139. The van der Waals surface area contributed by atoms with E-state index < -0.39 is 139 Å². The van der Waals surface area contributed by atoms with Gasteiger partial charge in [0.05, 0.1) is 39.1 Å². The number of rotatable bonds is 42. The van der Waals surface area contributed by atoms with Crippen LogP contribution in [0.4, 0.5) is 0 Å². The second-order valence-corrected chi connectivity index (χ2v) is 18.0. The van der Waals surface area contributed by atoms with E-state index in [0.717, 1.165) is 0 Å². The first-order valence-electron chi connectivity index (χ1n) is 25.3. The summed E-state index contributed by atoms with van der Waals surface area (Å²) in [5, 5.41) is 33.4. The largest absolute Gasteiger partial charge is 0.391 e. The second-order valence-electron chi connectivity index (χ2n) is 18.0. The number of ether oxygens (including phenoxy) is 4. The summed E-state index contributed by atoms with van der Waals surface area (Å²) in [5.74, 6) is -9.51. The normalized spacial score (nSPS) is 15.4. The van der Waals surface area contributed by atoms with Gasteiger partial charge in [0.15, 0.2) is 5.96 Å². The maximum atomic E-state index is 14.4. The predicted octanol–water partition coefficient (Wildman–Crippen LogP) is -7.88. The van der Waals surface area contributed by atoms with E-state index >= 15 is 0 Å². The molecule has 0 aromatic rings. The number of carbonyl (C=O) groups excluding carboxylic acids is 10. The van der Waals surface area contributed by atoms with Crippen LogP contribution in [-0.4, -0.2) is 212 Å². The van der Waals surface area contributed by atoms with Crippen molar-refractivity contribution in [3.05, 3.63) is 0 Å². The summed E-state index contributed by atoms with van der Waals surface area (Å²) in [6, 6.07) is -12.5. The predicted molar refractivity (Wildman–Crippen MR) is 280 cm³/mol. The van der Waals surface area contributed by atoms with Gasteiger partial charge in [0.1, 0.15) is 54.4 Å². The molecule has 0 saturated carbocycles. The molecule has 22 N–H and O–H groups in total. The lowest BCUT2D eigenvalue weighted by molar-refractivity contribution is -0.138. The number of amides is 10. The molecule has 0 rings (SSSR count). The van der Waals surface area contributed by atoms with E-state index in [4.69, 9.17) is 53.3 Å². The van der Waals surface area contributed by atoms with Crippen molar-refractivity contribution in [2.45, 2.75) is 139 Å². The SMILES string of the molecule is CC[C@H](C)[C@H](NC(=O)[C@H](CCCN=C(N)N)NC(=O)[C@H](CCCCN)NC(=O)[C@H](COC)NC(=O)[C@H](COC)NC(=O)CN)C(=O)N[C@@H](CCCCN)C(=O)N[C@H](C(=O)N[C@@H](COC)C(=O)N[C@@H](COC)C(N)=O)[C@@H](C)O. The summed E-state index contributed by atoms with van der Waals surface area (Å²) in [6.07, 6.45) is 0.250. The third-order valence-electron chi connectivity index (χ3n) is 11.7. The number of nitrogens with one attached hydrogen (secondary N) is 9. The van der Waals surface area contributed by atoms with Crippen molar-refractivity contribution in [2.24, 2.45) is 45.3 Å². The minimum absolute atomic E-state index is 0.0159. The summed E-state index contributed by atoms with van der Waals surface area (Å²) in [5.41, 5.74) is 33.3. The van der Waals surface area contributed by atoms with Crippen LogP contribution < -0.4 is 82.3 Å². The minimum atomic E-state index is -1.71. The number of aliphatic hydroxyl groups is 1. The minimum Gasteiger partial charge on any atom is -0.391 e. The number of unbranched alkanes of at least 4 members (excludes halogenated alkanes) is 2. The highest BCUT2D eigenvalue weighted by Crippen LogP contribution is 2.13. The fourth-order valence-electron chi connectivity index (χ4n) is 7.19. The van der Waals surface area contributed by atoms with Gasteiger partial charge in [0.2, 0.25) is 59.1 Å². The summed E-state index contributed by atoms with van der Waals surface area (Å²) < 4.78 is 20.2. The maximum Gasteiger partial charge on any atom is 0.245 e. The van der Waals surface area contributed by atoms with Crippen LogP contribution in [-0.2, 0) is 66.9 Å². The Kier molecular flexibility index (Phi) is 36.7. The molecule has 11 atom stereocenters. The third-order valence-corrected chi connectivity index (χ3v) is 11.7. The van der Waals surface area contributed by atoms with E-state index in [9.17, 15) is 53.1 Å². The van der Waals surface area contributed by atoms with Crippen LogP contribution >= 0.6 is 0 Å². The second kappa shape index (κ2) is 39.9. The van der Waals surface area contributed by atoms with E-state index in [1.807, 2.05) is 0 Å². The van der Waals surface area contributed by atoms with Gasteiger partial charge >= 0.3 is 0 Å². The van der Waals surface area contributed by atoms with Crippen molar-refractivity contribution >= 4 is 65.0 Å². The first kappa shape index (κ1) is 70.7. The van der Waals surface area contributed by atoms with Crippen LogP contribution in [0, 0.1) is 5.92 Å². The molecule has 0 heterocycles. The molecule has 0 spiro atoms. The molecule has 0 saturated heterocycles. The molecular formula is C46H88N16O15. The van der Waals surface area contributed by atoms with Crippen LogP contribution in [0.15, 0.2) is 4.99 Å². The Morgan fingerprint density at radius 1 is 0.455 bits per heavy atom. The number of aliphatic hydroxyl groups excluding tert-OH is 1. The highest BCUT2D eigenvalue weighted by atomic mass is 16.5. The van der Waals surface area contributed by atoms with Crippen molar-refractivity contribution in [1.82, 2.24) is 47.9 Å². The molecular weight excluding hydrogens is 1020 g/mol. The molecule has 0 aromatic heterocycles. The molecule has 31 nitrogen and oxygen atoms in total. The fourth-order valence-corrected chi connectivity index (χ4v) is 7.19. The Balaban J connectivity index is 6.88. The molecule has 77 heavy (non-hydrogen) atoms. The molecule has 0 aliphatic rings. The Bertz CT molecular complexity index is 1900. The van der Waals surface area contributed by atoms with Gasteiger partial charge in [-0.3, -0.25) is 52.9 Å². The molecule has 0 fully saturated rings. The molecule has 0 unspecified atom stereocenters. The standard InChI is InChI=1S/C46H88N16O15/c1-8-25(2)35(44(72)57-28(15-10-12-18-48)40(68)62-36(26(3)63)45(73)60-33(24-77-7)43(71)58-30(21-74-4)37(50)65)61-39(67)29(16-13-19-53-46(51)52)55-38(66)27(14-9-11-17-47)56-42(70)32(23-76-6)59-41(69)31(22-75-5)54-34(64)20-49/h25-33,35-36,63H,8-24,47-49H2,1-7H3,(H2,50,65)(H,54,64)(H,55,66)(H,56,70)(H,57,72)(H,58,71)(H,59,69)(H,60,73)(H,61,67)(H,62,68)(H4,51,52,53)/t25-,26+,27-,28-,29-,30-,31-,32-,33-,35-,36-/m0/s1. The van der Waals surface area contributed by atoms with Crippen molar-refractivity contribution in [1.29, 1.82) is 0 Å². The van der Waals surface area contributed by atoms with E-state index in [-0.39, 0.29) is 71.1 Å². The average molecular weight is 1110 g/mol. The Labute approximate surface area is 449 Å². The van der Waals surface area contributed by atoms with E-state index in [2.05, 4.69) is 52.8 Å². The molecule has 10 amide bonds. The molecule has 0 aliphatic heterocycles. The first-order chi connectivity index (χ1) is 36.5. The van der Waals surface area contributed by atoms with Gasteiger partial charge in [0, 0.05) is 35.0 Å². The van der Waals surface area contributed by atoms with Crippen molar-refractivity contribution < 1.29 is 72.0 Å². The number of carbonyl (C=O) groups is 10. The molecule has 442 valence electrons. The van der Waals surface area contributed by atoms with E-state index in [1.165, 1.54) is 35.4 Å². The zero-order chi connectivity index (χ0) is 58.6. The first-order valence-corrected chi connectivity index (χ1v) is 25.3. The van der Waals surface area contributed by atoms with Crippen LogP contribution in [0.25, 0.3) is 0 Å². The summed E-state index contributed by atoms with van der Waals surface area (Å²) in [7, 11) is 5.08. The number of hydrogen-bond donors (Lipinski definition) is 16. The zero-order valence-corrected chi connectivity index (χ0v) is 45.4. The third kappa shape index (κ3) is 28.0. The van der Waals surface area contributed by atoms with Crippen molar-refractivity contribution in [3.63, 3.8) is 0 Å². The van der Waals surface area contributed by atoms with Gasteiger partial charge in [-0.2, -0.15) is 0 Å². The number of guanidine groups is 1. The lowest BCUT2D eigenvalue weighted by Gasteiger charge is -2.30. The zero-order valence-electron chi connectivity index (χ0n) is 45.4. The van der Waals surface area contributed by atoms with Gasteiger partial charge < -0.3 is 106 Å². The number of methoxy groups -OCH3 is 4. The monoisotopic (exact) mass is 1100 g/mol. The Morgan fingerprint density at radius 3 is 1.18 bits per heavy atom. The lowest BCUT2D eigenvalue weighted by atomic mass is 9.96. The molecule has 31 heteroatoms. The van der Waals surface area contributed by atoms with Crippen molar-refractivity contribution in [2.75, 3.05) is 81.0 Å². The maximum absolute atomic E-state index is 14.4. The number of nitrogens with two attached hydrogens (primary N) is 6. The van der Waals surface area contributed by atoms with Crippen LogP contribution in [0.2, 0.25) is 0 Å². The van der Waals surface area contributed by atoms with Crippen LogP contribution in [0.3, 0.4) is 0 Å². The van der Waals surface area contributed by atoms with Gasteiger partial charge in [0.25, 0.3) is 0 Å². The molecule has 0 bridgehead atoms.